The van der Waals surface area contributed by atoms with E-state index in [1.54, 1.807) is 20.8 Å². The minimum atomic E-state index is -2.18. The van der Waals surface area contributed by atoms with Crippen LogP contribution in [0.2, 0.25) is 18.1 Å². The molecular formula is C31H45NO7Si. The number of carbonyl (C=O) groups excluding carboxylic acids is 2. The first-order valence-electron chi connectivity index (χ1n) is 14.6. The summed E-state index contributed by atoms with van der Waals surface area (Å²) < 4.78 is 24.7. The van der Waals surface area contributed by atoms with Crippen LogP contribution in [-0.2, 0) is 26.1 Å². The Labute approximate surface area is 238 Å². The Morgan fingerprint density at radius 3 is 2.58 bits per heavy atom. The van der Waals surface area contributed by atoms with E-state index in [1.165, 1.54) is 5.56 Å². The maximum atomic E-state index is 12.9. The molecule has 0 saturated heterocycles. The molecule has 0 radical (unpaired) electrons. The molecule has 1 spiro atoms. The van der Waals surface area contributed by atoms with Crippen LogP contribution in [0, 0.1) is 5.92 Å². The number of aliphatic hydroxyl groups is 1. The normalized spacial score (nSPS) is 28.6. The average molecular weight is 572 g/mol. The molecule has 4 atom stereocenters. The van der Waals surface area contributed by atoms with Crippen LogP contribution in [-0.4, -0.2) is 49.3 Å². The van der Waals surface area contributed by atoms with Crippen molar-refractivity contribution < 1.29 is 33.3 Å². The van der Waals surface area contributed by atoms with E-state index in [1.807, 2.05) is 12.1 Å². The maximum absolute atomic E-state index is 12.9. The van der Waals surface area contributed by atoms with Crippen molar-refractivity contribution in [3.8, 4) is 11.5 Å². The number of nitrogens with one attached hydrogen (secondary N) is 1. The third kappa shape index (κ3) is 4.63. The number of esters is 1. The monoisotopic (exact) mass is 571 g/mol. The second kappa shape index (κ2) is 9.51. The van der Waals surface area contributed by atoms with E-state index in [9.17, 15) is 14.7 Å². The lowest BCUT2D eigenvalue weighted by molar-refractivity contribution is -0.159. The predicted octanol–water partition coefficient (Wildman–Crippen LogP) is 5.90. The molecule has 1 aliphatic heterocycles. The summed E-state index contributed by atoms with van der Waals surface area (Å²) >= 11 is 0. The van der Waals surface area contributed by atoms with Gasteiger partial charge in [0.1, 0.15) is 17.1 Å². The molecule has 5 rings (SSSR count). The molecule has 1 amide bonds. The highest BCUT2D eigenvalue weighted by Gasteiger charge is 2.71. The van der Waals surface area contributed by atoms with Crippen molar-refractivity contribution in [3.05, 3.63) is 35.1 Å². The summed E-state index contributed by atoms with van der Waals surface area (Å²) in [6, 6.07) is 4.18. The van der Waals surface area contributed by atoms with Gasteiger partial charge in [0.05, 0.1) is 17.4 Å². The summed E-state index contributed by atoms with van der Waals surface area (Å²) in [5.41, 5.74) is -0.0430. The van der Waals surface area contributed by atoms with Gasteiger partial charge in [0.25, 0.3) is 8.32 Å². The van der Waals surface area contributed by atoms with Crippen LogP contribution in [0.15, 0.2) is 24.0 Å². The molecule has 1 aromatic carbocycles. The third-order valence-corrected chi connectivity index (χ3v) is 14.0. The number of hydrogen-bond donors (Lipinski definition) is 2. The van der Waals surface area contributed by atoms with Crippen LogP contribution in [0.3, 0.4) is 0 Å². The maximum Gasteiger partial charge on any atom is 0.407 e. The van der Waals surface area contributed by atoms with Crippen molar-refractivity contribution in [1.29, 1.82) is 0 Å². The first-order chi connectivity index (χ1) is 18.5. The molecule has 8 nitrogen and oxygen atoms in total. The molecule has 1 aromatic rings. The van der Waals surface area contributed by atoms with Gasteiger partial charge in [0.15, 0.2) is 11.9 Å². The molecular weight excluding hydrogens is 526 g/mol. The van der Waals surface area contributed by atoms with Crippen LogP contribution in [0.4, 0.5) is 4.79 Å². The zero-order valence-corrected chi connectivity index (χ0v) is 26.2. The van der Waals surface area contributed by atoms with Gasteiger partial charge in [-0.1, -0.05) is 33.3 Å². The second-order valence-corrected chi connectivity index (χ2v) is 19.2. The summed E-state index contributed by atoms with van der Waals surface area (Å²) in [7, 11) is -2.18. The third-order valence-electron chi connectivity index (χ3n) is 9.65. The molecule has 220 valence electrons. The Kier molecular flexibility index (Phi) is 6.89. The van der Waals surface area contributed by atoms with E-state index in [4.69, 9.17) is 18.6 Å². The smallest absolute Gasteiger partial charge is 0.407 e. The van der Waals surface area contributed by atoms with Crippen molar-refractivity contribution in [3.63, 3.8) is 0 Å². The van der Waals surface area contributed by atoms with E-state index < -0.39 is 43.1 Å². The van der Waals surface area contributed by atoms with Gasteiger partial charge < -0.3 is 29.1 Å². The second-order valence-electron chi connectivity index (χ2n) is 14.4. The standard InChI is InChI=1S/C31H45NO7Si/c1-28(2,3)38-27(34)32-17-14-23(33)36-22-13-16-31(35)20-10-9-15-30(31)24-19(18-20)11-12-21(25(24)37-26(22)30)39-40(7,8)29(4,5)6/h11-13,20,26,35H,9-10,14-18H2,1-8H3,(H,32,34)/t20-,26+,30?,31-/m1/s1. The van der Waals surface area contributed by atoms with Gasteiger partial charge in [-0.2, -0.15) is 0 Å². The lowest BCUT2D eigenvalue weighted by Gasteiger charge is -2.59. The Morgan fingerprint density at radius 1 is 1.18 bits per heavy atom. The molecule has 9 heteroatoms. The van der Waals surface area contributed by atoms with Gasteiger partial charge in [-0.3, -0.25) is 4.79 Å². The minimum Gasteiger partial charge on any atom is -0.541 e. The molecule has 1 fully saturated rings. The number of benzene rings is 1. The lowest BCUT2D eigenvalue weighted by Crippen LogP contribution is -2.67. The van der Waals surface area contributed by atoms with Crippen LogP contribution in [0.5, 0.6) is 11.5 Å². The highest BCUT2D eigenvalue weighted by Crippen LogP contribution is 2.67. The Morgan fingerprint density at radius 2 is 1.90 bits per heavy atom. The molecule has 1 unspecified atom stereocenters. The van der Waals surface area contributed by atoms with Gasteiger partial charge >= 0.3 is 12.1 Å². The number of alkyl carbamates (subject to hydrolysis) is 1. The zero-order valence-electron chi connectivity index (χ0n) is 25.2. The number of rotatable bonds is 6. The molecule has 1 heterocycles. The van der Waals surface area contributed by atoms with Crippen LogP contribution < -0.4 is 14.5 Å². The average Bonchev–Trinajstić information content (AvgIpc) is 3.15. The summed E-state index contributed by atoms with van der Waals surface area (Å²) in [5.74, 6) is 1.50. The fraction of sp³-hybridized carbons (Fsp3) is 0.677. The van der Waals surface area contributed by atoms with Crippen molar-refractivity contribution >= 4 is 20.4 Å². The Hall–Kier alpha value is -2.52. The number of amides is 1. The van der Waals surface area contributed by atoms with Crippen molar-refractivity contribution in [2.45, 2.75) is 121 Å². The molecule has 2 N–H and O–H groups in total. The molecule has 2 bridgehead atoms. The van der Waals surface area contributed by atoms with Gasteiger partial charge in [-0.05, 0) is 88.2 Å². The van der Waals surface area contributed by atoms with E-state index in [0.717, 1.165) is 31.2 Å². The van der Waals surface area contributed by atoms with Crippen molar-refractivity contribution in [2.75, 3.05) is 6.54 Å². The SMILES string of the molecule is CC(C)(C)OC(=O)NCCC(=O)OC1=CC[C@@]2(O)[C@@H]3CCCC24c2c(ccc(O[Si](C)(C)C(C)(C)C)c2O[C@@H]14)C3. The molecule has 0 aromatic heterocycles. The Bertz CT molecular complexity index is 1240. The largest absolute Gasteiger partial charge is 0.541 e. The van der Waals surface area contributed by atoms with Crippen molar-refractivity contribution in [1.82, 2.24) is 5.32 Å². The molecule has 4 aliphatic rings. The van der Waals surface area contributed by atoms with Gasteiger partial charge in [-0.25, -0.2) is 4.79 Å². The van der Waals surface area contributed by atoms with Gasteiger partial charge in [0, 0.05) is 12.1 Å². The predicted molar refractivity (Wildman–Crippen MR) is 154 cm³/mol. The summed E-state index contributed by atoms with van der Waals surface area (Å²) in [4.78, 5) is 24.9. The van der Waals surface area contributed by atoms with E-state index in [2.05, 4.69) is 45.2 Å². The van der Waals surface area contributed by atoms with Gasteiger partial charge in [0.2, 0.25) is 0 Å². The fourth-order valence-corrected chi connectivity index (χ4v) is 7.81. The topological polar surface area (TPSA) is 103 Å². The number of carbonyl (C=O) groups is 2. The first kappa shape index (κ1) is 29.0. The Balaban J connectivity index is 1.42. The minimum absolute atomic E-state index is 0.00385. The lowest BCUT2D eigenvalue weighted by atomic mass is 9.47. The summed E-state index contributed by atoms with van der Waals surface area (Å²) in [6.07, 6.45) is 4.53. The summed E-state index contributed by atoms with van der Waals surface area (Å²) in [5, 5.41) is 15.0. The molecule has 40 heavy (non-hydrogen) atoms. The number of ether oxygens (including phenoxy) is 3. The fourth-order valence-electron chi connectivity index (χ4n) is 6.79. The highest BCUT2D eigenvalue weighted by molar-refractivity contribution is 6.74. The zero-order chi connectivity index (χ0) is 29.3. The molecule has 3 aliphatic carbocycles. The van der Waals surface area contributed by atoms with E-state index in [-0.39, 0.29) is 23.9 Å². The highest BCUT2D eigenvalue weighted by atomic mass is 28.4. The number of hydrogen-bond acceptors (Lipinski definition) is 7. The van der Waals surface area contributed by atoms with Crippen molar-refractivity contribution in [2.24, 2.45) is 5.92 Å². The van der Waals surface area contributed by atoms with Crippen LogP contribution in [0.1, 0.15) is 84.8 Å². The summed E-state index contributed by atoms with van der Waals surface area (Å²) in [6.45, 7) is 16.5. The quantitative estimate of drug-likeness (QED) is 0.324. The first-order valence-corrected chi connectivity index (χ1v) is 17.5. The van der Waals surface area contributed by atoms with E-state index in [0.29, 0.717) is 23.7 Å². The molecule has 1 saturated carbocycles. The van der Waals surface area contributed by atoms with E-state index >= 15 is 0 Å². The van der Waals surface area contributed by atoms with Crippen LogP contribution >= 0.6 is 0 Å². The van der Waals surface area contributed by atoms with Gasteiger partial charge in [-0.15, -0.1) is 0 Å². The van der Waals surface area contributed by atoms with Crippen LogP contribution in [0.25, 0.3) is 0 Å².